The van der Waals surface area contributed by atoms with Crippen LogP contribution in [0.1, 0.15) is 12.5 Å². The van der Waals surface area contributed by atoms with Gasteiger partial charge >= 0.3 is 0 Å². The number of methoxy groups -OCH3 is 1. The fourth-order valence-corrected chi connectivity index (χ4v) is 3.54. The lowest BCUT2D eigenvalue weighted by Gasteiger charge is -2.12. The summed E-state index contributed by atoms with van der Waals surface area (Å²) in [6.07, 6.45) is 1.74. The van der Waals surface area contributed by atoms with Crippen LogP contribution < -0.4 is 4.74 Å². The summed E-state index contributed by atoms with van der Waals surface area (Å²) < 4.78 is 5.10. The van der Waals surface area contributed by atoms with Crippen molar-refractivity contribution in [2.24, 2.45) is 4.99 Å². The quantitative estimate of drug-likeness (QED) is 0.802. The second-order valence-electron chi connectivity index (χ2n) is 5.51. The molecule has 2 N–H and O–H groups in total. The number of hydrogen-bond acceptors (Lipinski definition) is 6. The number of amides is 1. The maximum atomic E-state index is 12.7. The van der Waals surface area contributed by atoms with Crippen LogP contribution >= 0.6 is 11.8 Å². The molecule has 0 spiro atoms. The minimum Gasteiger partial charge on any atom is -0.508 e. The topological polar surface area (TPSA) is 82.4 Å². The van der Waals surface area contributed by atoms with Crippen molar-refractivity contribution >= 4 is 34.6 Å². The molecule has 1 saturated heterocycles. The largest absolute Gasteiger partial charge is 0.508 e. The number of phenols is 2. The molecule has 2 aromatic carbocycles. The number of thioether (sulfide) groups is 1. The normalized spacial score (nSPS) is 17.3. The molecule has 134 valence electrons. The monoisotopic (exact) mass is 370 g/mol. The summed E-state index contributed by atoms with van der Waals surface area (Å²) in [4.78, 5) is 19.2. The Morgan fingerprint density at radius 3 is 2.73 bits per heavy atom. The number of nitrogens with zero attached hydrogens (tertiary/aromatic N) is 2. The van der Waals surface area contributed by atoms with E-state index in [-0.39, 0.29) is 17.4 Å². The van der Waals surface area contributed by atoms with Crippen LogP contribution in [0.3, 0.4) is 0 Å². The van der Waals surface area contributed by atoms with Crippen LogP contribution in [0.15, 0.2) is 52.4 Å². The molecular weight excluding hydrogens is 352 g/mol. The first kappa shape index (κ1) is 17.9. The van der Waals surface area contributed by atoms with E-state index >= 15 is 0 Å². The average Bonchev–Trinajstić information content (AvgIpc) is 2.91. The summed E-state index contributed by atoms with van der Waals surface area (Å²) in [6.45, 7) is 2.36. The molecule has 2 aromatic rings. The van der Waals surface area contributed by atoms with Crippen LogP contribution in [-0.2, 0) is 4.79 Å². The number of carbonyl (C=O) groups is 1. The fourth-order valence-electron chi connectivity index (χ4n) is 2.48. The van der Waals surface area contributed by atoms with Crippen LogP contribution in [-0.4, -0.2) is 39.8 Å². The molecule has 6 nitrogen and oxygen atoms in total. The molecule has 26 heavy (non-hydrogen) atoms. The zero-order chi connectivity index (χ0) is 18.7. The minimum absolute atomic E-state index is 0.0429. The van der Waals surface area contributed by atoms with Gasteiger partial charge in [-0.1, -0.05) is 12.1 Å². The van der Waals surface area contributed by atoms with Gasteiger partial charge in [-0.05, 0) is 54.6 Å². The maximum Gasteiger partial charge on any atom is 0.266 e. The van der Waals surface area contributed by atoms with Crippen molar-refractivity contribution in [2.75, 3.05) is 13.7 Å². The Balaban J connectivity index is 1.94. The van der Waals surface area contributed by atoms with Gasteiger partial charge in [0, 0.05) is 12.6 Å². The zero-order valence-electron chi connectivity index (χ0n) is 14.3. The van der Waals surface area contributed by atoms with Gasteiger partial charge in [0.2, 0.25) is 0 Å². The van der Waals surface area contributed by atoms with Gasteiger partial charge in [0.1, 0.15) is 5.75 Å². The van der Waals surface area contributed by atoms with Crippen LogP contribution in [0.4, 0.5) is 5.69 Å². The molecule has 0 aliphatic carbocycles. The molecule has 0 saturated carbocycles. The van der Waals surface area contributed by atoms with Crippen molar-refractivity contribution in [1.82, 2.24) is 4.90 Å². The Morgan fingerprint density at radius 2 is 2.04 bits per heavy atom. The van der Waals surface area contributed by atoms with Gasteiger partial charge in [0.25, 0.3) is 5.91 Å². The van der Waals surface area contributed by atoms with Gasteiger partial charge in [0.15, 0.2) is 16.7 Å². The molecule has 7 heteroatoms. The number of phenolic OH excluding ortho intramolecular Hbond substituents is 2. The van der Waals surface area contributed by atoms with Gasteiger partial charge < -0.3 is 14.9 Å². The highest BCUT2D eigenvalue weighted by molar-refractivity contribution is 8.18. The lowest BCUT2D eigenvalue weighted by molar-refractivity contribution is -0.122. The first-order valence-electron chi connectivity index (χ1n) is 7.98. The predicted octanol–water partition coefficient (Wildman–Crippen LogP) is 3.73. The number of aromatic hydroxyl groups is 2. The molecule has 1 fully saturated rings. The van der Waals surface area contributed by atoms with Gasteiger partial charge in [-0.15, -0.1) is 0 Å². The van der Waals surface area contributed by atoms with Crippen molar-refractivity contribution in [2.45, 2.75) is 6.92 Å². The number of hydrogen-bond donors (Lipinski definition) is 2. The van der Waals surface area contributed by atoms with Crippen LogP contribution in [0.25, 0.3) is 6.08 Å². The van der Waals surface area contributed by atoms with E-state index in [1.807, 2.05) is 6.92 Å². The number of aliphatic imine (C=N–C) groups is 1. The second kappa shape index (κ2) is 7.53. The van der Waals surface area contributed by atoms with E-state index in [9.17, 15) is 15.0 Å². The molecule has 1 amide bonds. The Kier molecular flexibility index (Phi) is 5.18. The molecule has 0 bridgehead atoms. The number of likely N-dealkylation sites (N-methyl/N-ethyl adjacent to an activating group) is 1. The number of benzene rings is 2. The van der Waals surface area contributed by atoms with E-state index in [4.69, 9.17) is 4.74 Å². The summed E-state index contributed by atoms with van der Waals surface area (Å²) in [5, 5.41) is 19.8. The predicted molar refractivity (Wildman–Crippen MR) is 103 cm³/mol. The second-order valence-corrected chi connectivity index (χ2v) is 6.51. The van der Waals surface area contributed by atoms with E-state index in [2.05, 4.69) is 4.99 Å². The molecule has 0 aromatic heterocycles. The molecule has 1 heterocycles. The van der Waals surface area contributed by atoms with Crippen LogP contribution in [0.5, 0.6) is 17.2 Å². The van der Waals surface area contributed by atoms with Crippen molar-refractivity contribution in [3.05, 3.63) is 52.9 Å². The molecule has 0 atom stereocenters. The highest BCUT2D eigenvalue weighted by atomic mass is 32.2. The van der Waals surface area contributed by atoms with Crippen molar-refractivity contribution < 1.29 is 19.7 Å². The summed E-state index contributed by atoms with van der Waals surface area (Å²) >= 11 is 1.27. The van der Waals surface area contributed by atoms with E-state index in [0.29, 0.717) is 28.1 Å². The number of carbonyl (C=O) groups excluding carboxylic acids is 1. The molecular formula is C19H18N2O4S. The lowest BCUT2D eigenvalue weighted by atomic mass is 10.2. The molecule has 0 radical (unpaired) electrons. The van der Waals surface area contributed by atoms with Gasteiger partial charge in [-0.3, -0.25) is 9.69 Å². The summed E-state index contributed by atoms with van der Waals surface area (Å²) in [6, 6.07) is 11.5. The first-order chi connectivity index (χ1) is 12.5. The summed E-state index contributed by atoms with van der Waals surface area (Å²) in [7, 11) is 1.47. The average molecular weight is 370 g/mol. The standard InChI is InChI=1S/C19H18N2O4S/c1-3-21-18(24)17(10-12-7-8-15(23)16(9-12)25-2)26-19(21)20-13-5-4-6-14(22)11-13/h4-11,22-23H,3H2,1-2H3/b17-10-,20-19?. The zero-order valence-corrected chi connectivity index (χ0v) is 15.2. The molecule has 3 rings (SSSR count). The smallest absolute Gasteiger partial charge is 0.266 e. The van der Waals surface area contributed by atoms with Crippen molar-refractivity contribution in [3.63, 3.8) is 0 Å². The van der Waals surface area contributed by atoms with Gasteiger partial charge in [0.05, 0.1) is 17.7 Å². The summed E-state index contributed by atoms with van der Waals surface area (Å²) in [5.74, 6) is 0.372. The SMILES string of the molecule is CCN1C(=O)/C(=C/c2ccc(O)c(OC)c2)SC1=Nc1cccc(O)c1. The Hall–Kier alpha value is -2.93. The molecule has 1 aliphatic heterocycles. The molecule has 0 unspecified atom stereocenters. The summed E-state index contributed by atoms with van der Waals surface area (Å²) in [5.41, 5.74) is 1.32. The van der Waals surface area contributed by atoms with Gasteiger partial charge in [-0.2, -0.15) is 0 Å². The lowest BCUT2D eigenvalue weighted by Crippen LogP contribution is -2.28. The number of ether oxygens (including phenoxy) is 1. The van der Waals surface area contributed by atoms with Gasteiger partial charge in [-0.25, -0.2) is 4.99 Å². The van der Waals surface area contributed by atoms with Crippen LogP contribution in [0.2, 0.25) is 0 Å². The Labute approximate surface area is 155 Å². The third-order valence-corrected chi connectivity index (χ3v) is 4.77. The minimum atomic E-state index is -0.136. The fraction of sp³-hybridized carbons (Fsp3) is 0.158. The van der Waals surface area contributed by atoms with Crippen molar-refractivity contribution in [3.8, 4) is 17.2 Å². The van der Waals surface area contributed by atoms with E-state index in [1.54, 1.807) is 47.4 Å². The van der Waals surface area contributed by atoms with Crippen molar-refractivity contribution in [1.29, 1.82) is 0 Å². The highest BCUT2D eigenvalue weighted by Crippen LogP contribution is 2.35. The van der Waals surface area contributed by atoms with E-state index in [1.165, 1.54) is 24.9 Å². The van der Waals surface area contributed by atoms with E-state index < -0.39 is 0 Å². The Morgan fingerprint density at radius 1 is 1.23 bits per heavy atom. The highest BCUT2D eigenvalue weighted by Gasteiger charge is 2.32. The maximum absolute atomic E-state index is 12.7. The third kappa shape index (κ3) is 3.67. The number of rotatable bonds is 4. The third-order valence-electron chi connectivity index (χ3n) is 3.76. The Bertz CT molecular complexity index is 908. The van der Waals surface area contributed by atoms with Crippen LogP contribution in [0, 0.1) is 0 Å². The molecule has 1 aliphatic rings. The first-order valence-corrected chi connectivity index (χ1v) is 8.79. The number of amidine groups is 1. The van der Waals surface area contributed by atoms with E-state index in [0.717, 1.165) is 5.56 Å².